The zero-order chi connectivity index (χ0) is 21.4. The first kappa shape index (κ1) is 22.5. The zero-order valence-electron chi connectivity index (χ0n) is 16.7. The van der Waals surface area contributed by atoms with Crippen LogP contribution in [0.15, 0.2) is 24.3 Å². The van der Waals surface area contributed by atoms with Gasteiger partial charge >= 0.3 is 5.97 Å². The summed E-state index contributed by atoms with van der Waals surface area (Å²) < 4.78 is 9.99. The molecule has 0 saturated heterocycles. The van der Waals surface area contributed by atoms with Crippen molar-refractivity contribution in [2.24, 2.45) is 5.73 Å². The molecule has 9 heteroatoms. The van der Waals surface area contributed by atoms with Crippen molar-refractivity contribution in [1.29, 1.82) is 0 Å². The van der Waals surface area contributed by atoms with Crippen LogP contribution in [0.1, 0.15) is 36.7 Å². The molecule has 0 atom stereocenters. The molecule has 1 heterocycles. The minimum atomic E-state index is -0.670. The van der Waals surface area contributed by atoms with Gasteiger partial charge in [0.15, 0.2) is 0 Å². The number of primary amides is 1. The number of anilines is 1. The van der Waals surface area contributed by atoms with Gasteiger partial charge in [-0.25, -0.2) is 4.79 Å². The molecule has 0 saturated carbocycles. The highest BCUT2D eigenvalue weighted by atomic mass is 32.1. The fraction of sp³-hybridized carbons (Fsp3) is 0.350. The molecule has 0 aliphatic rings. The number of ether oxygens (including phenoxy) is 2. The highest BCUT2D eigenvalue weighted by molar-refractivity contribution is 7.18. The minimum absolute atomic E-state index is 0.0366. The van der Waals surface area contributed by atoms with E-state index in [2.05, 4.69) is 10.6 Å². The number of benzene rings is 1. The van der Waals surface area contributed by atoms with Crippen molar-refractivity contribution in [2.75, 3.05) is 32.2 Å². The first-order valence-corrected chi connectivity index (χ1v) is 9.80. The van der Waals surface area contributed by atoms with E-state index in [9.17, 15) is 14.4 Å². The van der Waals surface area contributed by atoms with E-state index >= 15 is 0 Å². The van der Waals surface area contributed by atoms with Gasteiger partial charge in [0, 0.05) is 13.7 Å². The summed E-state index contributed by atoms with van der Waals surface area (Å²) >= 11 is 0.955. The number of hydrogen-bond donors (Lipinski definition) is 3. The van der Waals surface area contributed by atoms with Gasteiger partial charge in [0.2, 0.25) is 5.91 Å². The molecule has 29 heavy (non-hydrogen) atoms. The quantitative estimate of drug-likeness (QED) is 0.400. The van der Waals surface area contributed by atoms with Crippen molar-refractivity contribution in [2.45, 2.75) is 20.4 Å². The number of carbonyl (C=O) groups excluding carboxylic acids is 3. The summed E-state index contributed by atoms with van der Waals surface area (Å²) in [4.78, 5) is 36.6. The fourth-order valence-corrected chi connectivity index (χ4v) is 3.63. The Morgan fingerprint density at radius 3 is 2.41 bits per heavy atom. The van der Waals surface area contributed by atoms with E-state index in [1.807, 2.05) is 31.2 Å². The largest absolute Gasteiger partial charge is 0.460 e. The smallest absolute Gasteiger partial charge is 0.341 e. The molecule has 2 amide bonds. The number of thiophene rings is 1. The lowest BCUT2D eigenvalue weighted by molar-refractivity contribution is -0.115. The summed E-state index contributed by atoms with van der Waals surface area (Å²) in [5.74, 6) is -1.66. The number of nitrogens with two attached hydrogens (primary N) is 1. The summed E-state index contributed by atoms with van der Waals surface area (Å²) in [5, 5.41) is 5.95. The molecular weight excluding hydrogens is 394 g/mol. The summed E-state index contributed by atoms with van der Waals surface area (Å²) in [7, 11) is 1.49. The standard InChI is InChI=1S/C20H25N3O5S/c1-12-4-6-14(7-5-12)10-22-11-15(24)23-19-16(20(26)28-9-8-27-3)13(2)17(29-19)18(21)25/h4-7,22H,8-11H2,1-3H3,(H2,21,25)(H,23,24). The second kappa shape index (κ2) is 10.7. The van der Waals surface area contributed by atoms with Crippen molar-refractivity contribution in [3.8, 4) is 0 Å². The van der Waals surface area contributed by atoms with Gasteiger partial charge in [0.05, 0.1) is 23.6 Å². The Balaban J connectivity index is 2.04. The number of amides is 2. The minimum Gasteiger partial charge on any atom is -0.460 e. The average Bonchev–Trinajstić information content (AvgIpc) is 2.99. The summed E-state index contributed by atoms with van der Waals surface area (Å²) in [6.07, 6.45) is 0. The Labute approximate surface area is 173 Å². The number of methoxy groups -OCH3 is 1. The van der Waals surface area contributed by atoms with Crippen LogP contribution in [-0.4, -0.2) is 44.7 Å². The molecule has 0 unspecified atom stereocenters. The number of esters is 1. The molecule has 2 rings (SSSR count). The maximum Gasteiger partial charge on any atom is 0.341 e. The van der Waals surface area contributed by atoms with Crippen molar-refractivity contribution in [3.63, 3.8) is 0 Å². The number of nitrogens with one attached hydrogen (secondary N) is 2. The van der Waals surface area contributed by atoms with E-state index in [0.717, 1.165) is 22.5 Å². The maximum absolute atomic E-state index is 12.4. The molecular formula is C20H25N3O5S. The Bertz CT molecular complexity index is 877. The third-order valence-corrected chi connectivity index (χ3v) is 5.31. The number of carbonyl (C=O) groups is 3. The molecule has 156 valence electrons. The van der Waals surface area contributed by atoms with E-state index in [4.69, 9.17) is 15.2 Å². The van der Waals surface area contributed by atoms with Crippen LogP contribution >= 0.6 is 11.3 Å². The highest BCUT2D eigenvalue weighted by Crippen LogP contribution is 2.33. The highest BCUT2D eigenvalue weighted by Gasteiger charge is 2.25. The molecule has 1 aromatic carbocycles. The molecule has 0 aliphatic heterocycles. The predicted octanol–water partition coefficient (Wildman–Crippen LogP) is 2.00. The molecule has 0 aliphatic carbocycles. The molecule has 8 nitrogen and oxygen atoms in total. The van der Waals surface area contributed by atoms with Crippen LogP contribution < -0.4 is 16.4 Å². The lowest BCUT2D eigenvalue weighted by Crippen LogP contribution is -2.28. The van der Waals surface area contributed by atoms with Gasteiger partial charge < -0.3 is 25.8 Å². The number of rotatable bonds is 10. The Kier molecular flexibility index (Phi) is 8.32. The van der Waals surface area contributed by atoms with Crippen LogP contribution in [-0.2, 0) is 20.8 Å². The number of hydrogen-bond acceptors (Lipinski definition) is 7. The molecule has 0 radical (unpaired) electrons. The van der Waals surface area contributed by atoms with E-state index in [0.29, 0.717) is 12.1 Å². The second-order valence-corrected chi connectivity index (χ2v) is 7.41. The zero-order valence-corrected chi connectivity index (χ0v) is 17.5. The molecule has 0 fully saturated rings. The monoisotopic (exact) mass is 419 g/mol. The molecule has 0 spiro atoms. The Morgan fingerprint density at radius 1 is 1.10 bits per heavy atom. The van der Waals surface area contributed by atoms with E-state index < -0.39 is 11.9 Å². The molecule has 0 bridgehead atoms. The third kappa shape index (κ3) is 6.38. The first-order valence-electron chi connectivity index (χ1n) is 8.98. The van der Waals surface area contributed by atoms with Crippen LogP contribution in [0.3, 0.4) is 0 Å². The van der Waals surface area contributed by atoms with Gasteiger partial charge in [-0.1, -0.05) is 29.8 Å². The first-order chi connectivity index (χ1) is 13.8. The molecule has 4 N–H and O–H groups in total. The normalized spacial score (nSPS) is 10.6. The topological polar surface area (TPSA) is 120 Å². The van der Waals surface area contributed by atoms with Crippen molar-refractivity contribution >= 4 is 34.1 Å². The molecule has 2 aromatic rings. The van der Waals surface area contributed by atoms with Crippen LogP contribution in [0.2, 0.25) is 0 Å². The van der Waals surface area contributed by atoms with Crippen LogP contribution in [0.4, 0.5) is 5.00 Å². The maximum atomic E-state index is 12.4. The Hall–Kier alpha value is -2.75. The van der Waals surface area contributed by atoms with E-state index in [1.165, 1.54) is 7.11 Å². The van der Waals surface area contributed by atoms with Gasteiger partial charge in [0.25, 0.3) is 5.91 Å². The van der Waals surface area contributed by atoms with Crippen molar-refractivity contribution in [1.82, 2.24) is 5.32 Å². The molecule has 1 aromatic heterocycles. The van der Waals surface area contributed by atoms with E-state index in [-0.39, 0.29) is 41.1 Å². The van der Waals surface area contributed by atoms with Crippen LogP contribution in [0.25, 0.3) is 0 Å². The van der Waals surface area contributed by atoms with E-state index in [1.54, 1.807) is 6.92 Å². The van der Waals surface area contributed by atoms with Gasteiger partial charge in [-0.2, -0.15) is 0 Å². The lowest BCUT2D eigenvalue weighted by atomic mass is 10.1. The predicted molar refractivity (Wildman–Crippen MR) is 111 cm³/mol. The van der Waals surface area contributed by atoms with Gasteiger partial charge in [-0.15, -0.1) is 11.3 Å². The Morgan fingerprint density at radius 2 is 1.79 bits per heavy atom. The van der Waals surface area contributed by atoms with Gasteiger partial charge in [0.1, 0.15) is 11.6 Å². The van der Waals surface area contributed by atoms with Gasteiger partial charge in [-0.3, -0.25) is 9.59 Å². The number of aryl methyl sites for hydroxylation is 1. The average molecular weight is 420 g/mol. The van der Waals surface area contributed by atoms with Crippen LogP contribution in [0.5, 0.6) is 0 Å². The summed E-state index contributed by atoms with van der Waals surface area (Å²) in [6, 6.07) is 7.96. The fourth-order valence-electron chi connectivity index (χ4n) is 2.57. The lowest BCUT2D eigenvalue weighted by Gasteiger charge is -2.09. The van der Waals surface area contributed by atoms with Crippen LogP contribution in [0, 0.1) is 13.8 Å². The summed E-state index contributed by atoms with van der Waals surface area (Å²) in [6.45, 7) is 4.45. The van der Waals surface area contributed by atoms with Crippen molar-refractivity contribution < 1.29 is 23.9 Å². The van der Waals surface area contributed by atoms with Crippen molar-refractivity contribution in [3.05, 3.63) is 51.4 Å². The second-order valence-electron chi connectivity index (χ2n) is 6.39. The van der Waals surface area contributed by atoms with Gasteiger partial charge in [-0.05, 0) is 25.0 Å². The third-order valence-electron chi connectivity index (χ3n) is 4.08. The SMILES string of the molecule is COCCOC(=O)c1c(NC(=O)CNCc2ccc(C)cc2)sc(C(N)=O)c1C. The summed E-state index contributed by atoms with van der Waals surface area (Å²) in [5.41, 5.74) is 8.10.